The molecule has 3 rings (SSSR count). The second kappa shape index (κ2) is 10.7. The van der Waals surface area contributed by atoms with Crippen molar-refractivity contribution in [1.82, 2.24) is 20.9 Å². The highest BCUT2D eigenvalue weighted by atomic mass is 16.5. The van der Waals surface area contributed by atoms with E-state index in [1.165, 1.54) is 12.8 Å². The topological polar surface area (TPSA) is 117 Å². The average Bonchev–Trinajstić information content (AvgIpc) is 3.66. The zero-order valence-corrected chi connectivity index (χ0v) is 20.4. The van der Waals surface area contributed by atoms with Crippen LogP contribution in [0.15, 0.2) is 0 Å². The number of urea groups is 1. The Labute approximate surface area is 196 Å². The molecular weight excluding hydrogens is 424 g/mol. The largest absolute Gasteiger partial charge is 0.464 e. The number of carbonyl (C=O) groups is 4. The summed E-state index contributed by atoms with van der Waals surface area (Å²) in [6.45, 7) is 8.22. The van der Waals surface area contributed by atoms with Crippen LogP contribution in [0.1, 0.15) is 72.6 Å². The smallest absolute Gasteiger partial charge is 0.325 e. The second-order valence-corrected chi connectivity index (χ2v) is 11.0. The van der Waals surface area contributed by atoms with Gasteiger partial charge in [-0.3, -0.25) is 14.4 Å². The van der Waals surface area contributed by atoms with E-state index in [1.807, 2.05) is 27.7 Å². The molecule has 0 spiro atoms. The summed E-state index contributed by atoms with van der Waals surface area (Å²) in [5.74, 6) is 0.270. The molecule has 0 aromatic rings. The van der Waals surface area contributed by atoms with Gasteiger partial charge in [-0.05, 0) is 56.3 Å². The highest BCUT2D eigenvalue weighted by Crippen LogP contribution is 2.33. The number of hydrogen-bond donors (Lipinski definition) is 3. The fourth-order valence-corrected chi connectivity index (χ4v) is 4.25. The van der Waals surface area contributed by atoms with Gasteiger partial charge in [0.05, 0.1) is 6.61 Å². The predicted octanol–water partition coefficient (Wildman–Crippen LogP) is 1.95. The number of rotatable bonds is 10. The van der Waals surface area contributed by atoms with E-state index in [9.17, 15) is 19.2 Å². The van der Waals surface area contributed by atoms with Gasteiger partial charge in [-0.1, -0.05) is 33.6 Å². The summed E-state index contributed by atoms with van der Waals surface area (Å²) in [6.07, 6.45) is 6.94. The number of nitrogens with one attached hydrogen (secondary N) is 3. The standard InChI is InChI=1S/C24H40N4O5/c1-15(12-16-7-8-16)26-21(30)18-6-5-11-28(18)22(31)20(24(2,3)4)27-23(32)25-13-19(29)33-14-17-9-10-17/h15-18,20H,5-14H2,1-4H3,(H,26,30)(H2,25,27,32). The van der Waals surface area contributed by atoms with Crippen molar-refractivity contribution in [1.29, 1.82) is 0 Å². The Morgan fingerprint density at radius 2 is 1.67 bits per heavy atom. The molecule has 9 heteroatoms. The van der Waals surface area contributed by atoms with Crippen molar-refractivity contribution < 1.29 is 23.9 Å². The Bertz CT molecular complexity index is 742. The third-order valence-electron chi connectivity index (χ3n) is 6.57. The van der Waals surface area contributed by atoms with Gasteiger partial charge in [-0.2, -0.15) is 0 Å². The van der Waals surface area contributed by atoms with Crippen LogP contribution >= 0.6 is 0 Å². The number of likely N-dealkylation sites (tertiary alicyclic amines) is 1. The van der Waals surface area contributed by atoms with E-state index >= 15 is 0 Å². The summed E-state index contributed by atoms with van der Waals surface area (Å²) in [5, 5.41) is 8.27. The predicted molar refractivity (Wildman–Crippen MR) is 123 cm³/mol. The maximum atomic E-state index is 13.5. The molecule has 3 unspecified atom stereocenters. The third-order valence-corrected chi connectivity index (χ3v) is 6.57. The van der Waals surface area contributed by atoms with E-state index in [-0.39, 0.29) is 24.4 Å². The van der Waals surface area contributed by atoms with Gasteiger partial charge in [0.25, 0.3) is 0 Å². The van der Waals surface area contributed by atoms with Crippen LogP contribution in [-0.4, -0.2) is 66.5 Å². The van der Waals surface area contributed by atoms with Crippen LogP contribution in [0, 0.1) is 17.3 Å². The van der Waals surface area contributed by atoms with Gasteiger partial charge in [-0.25, -0.2) is 4.79 Å². The maximum absolute atomic E-state index is 13.5. The molecule has 4 amide bonds. The van der Waals surface area contributed by atoms with Crippen molar-refractivity contribution in [2.75, 3.05) is 19.7 Å². The molecule has 0 radical (unpaired) electrons. The van der Waals surface area contributed by atoms with Gasteiger partial charge in [0.1, 0.15) is 18.6 Å². The third kappa shape index (κ3) is 7.89. The maximum Gasteiger partial charge on any atom is 0.325 e. The first-order valence-electron chi connectivity index (χ1n) is 12.4. The van der Waals surface area contributed by atoms with Gasteiger partial charge < -0.3 is 25.6 Å². The Morgan fingerprint density at radius 1 is 1.00 bits per heavy atom. The van der Waals surface area contributed by atoms with E-state index in [4.69, 9.17) is 4.74 Å². The molecule has 1 aliphatic heterocycles. The van der Waals surface area contributed by atoms with Crippen molar-refractivity contribution in [3.63, 3.8) is 0 Å². The molecule has 3 N–H and O–H groups in total. The van der Waals surface area contributed by atoms with Crippen LogP contribution in [0.4, 0.5) is 4.79 Å². The molecule has 3 aliphatic rings. The average molecular weight is 465 g/mol. The van der Waals surface area contributed by atoms with Crippen molar-refractivity contribution in [3.05, 3.63) is 0 Å². The molecule has 186 valence electrons. The molecule has 1 saturated heterocycles. The van der Waals surface area contributed by atoms with Crippen LogP contribution in [0.3, 0.4) is 0 Å². The molecule has 0 bridgehead atoms. The molecule has 3 atom stereocenters. The summed E-state index contributed by atoms with van der Waals surface area (Å²) < 4.78 is 5.12. The number of esters is 1. The van der Waals surface area contributed by atoms with Gasteiger partial charge >= 0.3 is 12.0 Å². The van der Waals surface area contributed by atoms with Crippen LogP contribution < -0.4 is 16.0 Å². The molecule has 0 aromatic heterocycles. The van der Waals surface area contributed by atoms with Crippen LogP contribution in [-0.2, 0) is 19.1 Å². The lowest BCUT2D eigenvalue weighted by molar-refractivity contribution is -0.142. The molecule has 2 aliphatic carbocycles. The number of nitrogens with zero attached hydrogens (tertiary/aromatic N) is 1. The zero-order valence-electron chi connectivity index (χ0n) is 20.4. The first-order chi connectivity index (χ1) is 15.5. The highest BCUT2D eigenvalue weighted by Gasteiger charge is 2.42. The monoisotopic (exact) mass is 464 g/mol. The number of ether oxygens (including phenoxy) is 1. The van der Waals surface area contributed by atoms with Crippen LogP contribution in [0.5, 0.6) is 0 Å². The lowest BCUT2D eigenvalue weighted by Crippen LogP contribution is -2.59. The number of hydrogen-bond acceptors (Lipinski definition) is 5. The quantitative estimate of drug-likeness (QED) is 0.427. The fraction of sp³-hybridized carbons (Fsp3) is 0.833. The van der Waals surface area contributed by atoms with Crippen molar-refractivity contribution in [2.24, 2.45) is 17.3 Å². The Balaban J connectivity index is 1.53. The lowest BCUT2D eigenvalue weighted by Gasteiger charge is -2.35. The van der Waals surface area contributed by atoms with Gasteiger partial charge in [0.15, 0.2) is 0 Å². The summed E-state index contributed by atoms with van der Waals surface area (Å²) in [7, 11) is 0. The zero-order chi connectivity index (χ0) is 24.2. The van der Waals surface area contributed by atoms with E-state index in [2.05, 4.69) is 16.0 Å². The Morgan fingerprint density at radius 3 is 2.27 bits per heavy atom. The van der Waals surface area contributed by atoms with Gasteiger partial charge in [0, 0.05) is 12.6 Å². The minimum absolute atomic E-state index is 0.0875. The molecule has 9 nitrogen and oxygen atoms in total. The van der Waals surface area contributed by atoms with Crippen LogP contribution in [0.2, 0.25) is 0 Å². The summed E-state index contributed by atoms with van der Waals surface area (Å²) in [4.78, 5) is 52.2. The van der Waals surface area contributed by atoms with Crippen molar-refractivity contribution in [2.45, 2.75) is 90.8 Å². The normalized spacial score (nSPS) is 22.3. The molecule has 33 heavy (non-hydrogen) atoms. The molecule has 3 fully saturated rings. The fourth-order valence-electron chi connectivity index (χ4n) is 4.25. The summed E-state index contributed by atoms with van der Waals surface area (Å²) >= 11 is 0. The SMILES string of the molecule is CC(CC1CC1)NC(=O)C1CCCN1C(=O)C(NC(=O)NCC(=O)OCC1CC1)C(C)(C)C. The minimum atomic E-state index is -0.836. The summed E-state index contributed by atoms with van der Waals surface area (Å²) in [5.41, 5.74) is -0.580. The number of carbonyl (C=O) groups excluding carboxylic acids is 4. The van der Waals surface area contributed by atoms with E-state index in [0.29, 0.717) is 31.4 Å². The van der Waals surface area contributed by atoms with Crippen LogP contribution in [0.25, 0.3) is 0 Å². The van der Waals surface area contributed by atoms with Crippen molar-refractivity contribution in [3.8, 4) is 0 Å². The first kappa shape index (κ1) is 25.3. The molecular formula is C24H40N4O5. The highest BCUT2D eigenvalue weighted by molar-refractivity contribution is 5.93. The molecule has 0 aromatic carbocycles. The molecule has 1 heterocycles. The minimum Gasteiger partial charge on any atom is -0.464 e. The lowest BCUT2D eigenvalue weighted by atomic mass is 9.85. The van der Waals surface area contributed by atoms with Gasteiger partial charge in [-0.15, -0.1) is 0 Å². The number of amides is 4. The summed E-state index contributed by atoms with van der Waals surface area (Å²) in [6, 6.07) is -1.88. The Kier molecular flexibility index (Phi) is 8.23. The van der Waals surface area contributed by atoms with Gasteiger partial charge in [0.2, 0.25) is 11.8 Å². The van der Waals surface area contributed by atoms with E-state index < -0.39 is 29.5 Å². The molecule has 2 saturated carbocycles. The first-order valence-corrected chi connectivity index (χ1v) is 12.4. The second-order valence-electron chi connectivity index (χ2n) is 11.0. The van der Waals surface area contributed by atoms with Crippen molar-refractivity contribution >= 4 is 23.8 Å². The van der Waals surface area contributed by atoms with E-state index in [0.717, 1.165) is 25.7 Å². The Hall–Kier alpha value is -2.32. The van der Waals surface area contributed by atoms with E-state index in [1.54, 1.807) is 4.90 Å².